The zero-order valence-corrected chi connectivity index (χ0v) is 12.5. The highest BCUT2D eigenvalue weighted by atomic mass is 16.5. The molecule has 0 aromatic rings. The second kappa shape index (κ2) is 6.76. The van der Waals surface area contributed by atoms with Gasteiger partial charge in [-0.3, -0.25) is 0 Å². The molecule has 1 saturated heterocycles. The SMILES string of the molecule is CCCC1(CNC(=O)NCC2(O)CCOCC2)CCC1. The normalized spacial score (nSPS) is 23.7. The Morgan fingerprint density at radius 2 is 1.80 bits per heavy atom. The zero-order chi connectivity index (χ0) is 14.5. The summed E-state index contributed by atoms with van der Waals surface area (Å²) >= 11 is 0. The standard InChI is InChI=1S/C15H28N2O3/c1-2-4-14(5-3-6-14)11-16-13(18)17-12-15(19)7-9-20-10-8-15/h19H,2-12H2,1H3,(H2,16,17,18). The number of rotatable bonds is 6. The maximum atomic E-state index is 11.9. The van der Waals surface area contributed by atoms with Gasteiger partial charge in [0.2, 0.25) is 0 Å². The average molecular weight is 284 g/mol. The summed E-state index contributed by atoms with van der Waals surface area (Å²) in [6, 6.07) is -0.160. The van der Waals surface area contributed by atoms with Crippen LogP contribution in [0.15, 0.2) is 0 Å². The number of ether oxygens (including phenoxy) is 1. The first kappa shape index (κ1) is 15.6. The van der Waals surface area contributed by atoms with Gasteiger partial charge in [0.1, 0.15) is 0 Å². The quantitative estimate of drug-likeness (QED) is 0.696. The molecule has 0 aromatic heterocycles. The summed E-state index contributed by atoms with van der Waals surface area (Å²) in [5.41, 5.74) is -0.463. The van der Waals surface area contributed by atoms with Crippen molar-refractivity contribution >= 4 is 6.03 Å². The third-order valence-corrected chi connectivity index (χ3v) is 4.82. The zero-order valence-electron chi connectivity index (χ0n) is 12.5. The highest BCUT2D eigenvalue weighted by Crippen LogP contribution is 2.44. The van der Waals surface area contributed by atoms with E-state index < -0.39 is 5.60 Å². The van der Waals surface area contributed by atoms with Crippen LogP contribution in [0.25, 0.3) is 0 Å². The lowest BCUT2D eigenvalue weighted by atomic mass is 9.66. The monoisotopic (exact) mass is 284 g/mol. The maximum Gasteiger partial charge on any atom is 0.314 e. The molecule has 0 atom stereocenters. The van der Waals surface area contributed by atoms with E-state index in [1.807, 2.05) is 0 Å². The third-order valence-electron chi connectivity index (χ3n) is 4.82. The first-order chi connectivity index (χ1) is 9.58. The van der Waals surface area contributed by atoms with Crippen LogP contribution in [-0.4, -0.2) is 43.0 Å². The molecule has 0 aromatic carbocycles. The van der Waals surface area contributed by atoms with E-state index >= 15 is 0 Å². The number of hydrogen-bond donors (Lipinski definition) is 3. The van der Waals surface area contributed by atoms with Crippen molar-refractivity contribution in [3.63, 3.8) is 0 Å². The Labute approximate surface area is 121 Å². The van der Waals surface area contributed by atoms with Crippen LogP contribution >= 0.6 is 0 Å². The molecule has 2 fully saturated rings. The van der Waals surface area contributed by atoms with Crippen LogP contribution in [0.1, 0.15) is 51.9 Å². The van der Waals surface area contributed by atoms with Crippen molar-refractivity contribution in [2.75, 3.05) is 26.3 Å². The molecule has 116 valence electrons. The Balaban J connectivity index is 1.67. The number of urea groups is 1. The smallest absolute Gasteiger partial charge is 0.314 e. The van der Waals surface area contributed by atoms with Gasteiger partial charge in [0, 0.05) is 39.1 Å². The fourth-order valence-corrected chi connectivity index (χ4v) is 3.23. The van der Waals surface area contributed by atoms with Crippen LogP contribution in [0, 0.1) is 5.41 Å². The predicted octanol–water partition coefficient (Wildman–Crippen LogP) is 1.80. The molecule has 1 aliphatic heterocycles. The molecule has 5 nitrogen and oxygen atoms in total. The van der Waals surface area contributed by atoms with E-state index in [1.54, 1.807) is 0 Å². The molecular weight excluding hydrogens is 256 g/mol. The summed E-state index contributed by atoms with van der Waals surface area (Å²) in [6.45, 7) is 4.40. The van der Waals surface area contributed by atoms with Crippen molar-refractivity contribution in [1.82, 2.24) is 10.6 Å². The molecule has 20 heavy (non-hydrogen) atoms. The number of hydrogen-bond acceptors (Lipinski definition) is 3. The van der Waals surface area contributed by atoms with Gasteiger partial charge in [-0.05, 0) is 24.7 Å². The molecule has 0 unspecified atom stereocenters. The lowest BCUT2D eigenvalue weighted by Crippen LogP contribution is -2.51. The molecule has 5 heteroatoms. The number of carbonyl (C=O) groups is 1. The minimum Gasteiger partial charge on any atom is -0.388 e. The van der Waals surface area contributed by atoms with E-state index in [9.17, 15) is 9.90 Å². The van der Waals surface area contributed by atoms with Crippen LogP contribution in [0.5, 0.6) is 0 Å². The summed E-state index contributed by atoms with van der Waals surface area (Å²) < 4.78 is 5.22. The van der Waals surface area contributed by atoms with E-state index in [2.05, 4.69) is 17.6 Å². The van der Waals surface area contributed by atoms with Crippen molar-refractivity contribution < 1.29 is 14.6 Å². The second-order valence-corrected chi connectivity index (χ2v) is 6.48. The van der Waals surface area contributed by atoms with Gasteiger partial charge in [-0.25, -0.2) is 4.79 Å². The largest absolute Gasteiger partial charge is 0.388 e. The summed E-state index contributed by atoms with van der Waals surface area (Å²) in [4.78, 5) is 11.9. The molecule has 1 heterocycles. The molecular formula is C15H28N2O3. The van der Waals surface area contributed by atoms with Gasteiger partial charge < -0.3 is 20.5 Å². The molecule has 2 rings (SSSR count). The van der Waals surface area contributed by atoms with Gasteiger partial charge in [-0.15, -0.1) is 0 Å². The molecule has 3 N–H and O–H groups in total. The van der Waals surface area contributed by atoms with Gasteiger partial charge in [0.15, 0.2) is 0 Å². The fraction of sp³-hybridized carbons (Fsp3) is 0.933. The first-order valence-corrected chi connectivity index (χ1v) is 7.89. The first-order valence-electron chi connectivity index (χ1n) is 7.89. The fourth-order valence-electron chi connectivity index (χ4n) is 3.23. The van der Waals surface area contributed by atoms with Crippen LogP contribution in [0.4, 0.5) is 4.79 Å². The van der Waals surface area contributed by atoms with E-state index in [1.165, 1.54) is 32.1 Å². The van der Waals surface area contributed by atoms with Crippen molar-refractivity contribution in [2.24, 2.45) is 5.41 Å². The lowest BCUT2D eigenvalue weighted by Gasteiger charge is -2.42. The van der Waals surface area contributed by atoms with Crippen molar-refractivity contribution in [3.05, 3.63) is 0 Å². The summed E-state index contributed by atoms with van der Waals surface area (Å²) in [6.07, 6.45) is 7.27. The Morgan fingerprint density at radius 1 is 1.15 bits per heavy atom. The maximum absolute atomic E-state index is 11.9. The Hall–Kier alpha value is -0.810. The third kappa shape index (κ3) is 4.09. The Kier molecular flexibility index (Phi) is 5.27. The number of amides is 2. The lowest BCUT2D eigenvalue weighted by molar-refractivity contribution is -0.0600. The Morgan fingerprint density at radius 3 is 2.35 bits per heavy atom. The van der Waals surface area contributed by atoms with Gasteiger partial charge in [0.25, 0.3) is 0 Å². The minimum atomic E-state index is -0.798. The molecule has 1 saturated carbocycles. The van der Waals surface area contributed by atoms with Gasteiger partial charge in [0.05, 0.1) is 5.60 Å². The minimum absolute atomic E-state index is 0.160. The van der Waals surface area contributed by atoms with Crippen LogP contribution in [0.2, 0.25) is 0 Å². The van der Waals surface area contributed by atoms with Crippen LogP contribution in [0.3, 0.4) is 0 Å². The van der Waals surface area contributed by atoms with Crippen molar-refractivity contribution in [2.45, 2.75) is 57.5 Å². The number of aliphatic hydroxyl groups is 1. The van der Waals surface area contributed by atoms with E-state index in [0.29, 0.717) is 38.0 Å². The highest BCUT2D eigenvalue weighted by Gasteiger charge is 2.36. The summed E-state index contributed by atoms with van der Waals surface area (Å²) in [5.74, 6) is 0. The molecule has 0 spiro atoms. The second-order valence-electron chi connectivity index (χ2n) is 6.48. The summed E-state index contributed by atoms with van der Waals surface area (Å²) in [7, 11) is 0. The van der Waals surface area contributed by atoms with Gasteiger partial charge in [-0.1, -0.05) is 19.8 Å². The predicted molar refractivity (Wildman–Crippen MR) is 77.6 cm³/mol. The van der Waals surface area contributed by atoms with E-state index in [0.717, 1.165) is 6.54 Å². The van der Waals surface area contributed by atoms with Gasteiger partial charge in [-0.2, -0.15) is 0 Å². The molecule has 2 amide bonds. The van der Waals surface area contributed by atoms with Crippen molar-refractivity contribution in [3.8, 4) is 0 Å². The highest BCUT2D eigenvalue weighted by molar-refractivity contribution is 5.73. The number of nitrogens with one attached hydrogen (secondary N) is 2. The van der Waals surface area contributed by atoms with Gasteiger partial charge >= 0.3 is 6.03 Å². The Bertz CT molecular complexity index is 312. The molecule has 0 bridgehead atoms. The molecule has 2 aliphatic rings. The molecule has 1 aliphatic carbocycles. The van der Waals surface area contributed by atoms with E-state index in [4.69, 9.17) is 4.74 Å². The summed E-state index contributed by atoms with van der Waals surface area (Å²) in [5, 5.41) is 16.0. The average Bonchev–Trinajstić information content (AvgIpc) is 2.40. The molecule has 0 radical (unpaired) electrons. The van der Waals surface area contributed by atoms with Crippen LogP contribution in [-0.2, 0) is 4.74 Å². The number of carbonyl (C=O) groups excluding carboxylic acids is 1. The van der Waals surface area contributed by atoms with Crippen LogP contribution < -0.4 is 10.6 Å². The van der Waals surface area contributed by atoms with E-state index in [-0.39, 0.29) is 6.03 Å². The van der Waals surface area contributed by atoms with Crippen molar-refractivity contribution in [1.29, 1.82) is 0 Å². The topological polar surface area (TPSA) is 70.6 Å².